The summed E-state index contributed by atoms with van der Waals surface area (Å²) < 4.78 is 11.2. The number of likely N-dealkylation sites (tertiary alicyclic amines) is 1. The number of benzene rings is 1. The lowest BCUT2D eigenvalue weighted by Crippen LogP contribution is -2.44. The molecular weight excluding hydrogens is 398 g/mol. The number of aromatic nitrogens is 2. The molecule has 1 amide bonds. The molecular formula is C22H27N5O4. The summed E-state index contributed by atoms with van der Waals surface area (Å²) in [4.78, 5) is 24.6. The molecule has 0 unspecified atom stereocenters. The van der Waals surface area contributed by atoms with E-state index in [4.69, 9.17) is 25.9 Å². The lowest BCUT2D eigenvalue weighted by molar-refractivity contribution is 0.133. The van der Waals surface area contributed by atoms with Gasteiger partial charge >= 0.3 is 6.09 Å². The van der Waals surface area contributed by atoms with E-state index < -0.39 is 6.09 Å². The SMILES string of the molecule is C#CCOc1cc2nc(N3CCCC3)nc(N[C@@H]3CCCN(C(=O)O)C3)c2cc1OC. The van der Waals surface area contributed by atoms with Crippen LogP contribution in [0.4, 0.5) is 16.6 Å². The minimum absolute atomic E-state index is 0.0299. The molecule has 3 heterocycles. The quantitative estimate of drug-likeness (QED) is 0.682. The fourth-order valence-electron chi connectivity index (χ4n) is 4.15. The number of carbonyl (C=O) groups is 1. The molecule has 2 saturated heterocycles. The summed E-state index contributed by atoms with van der Waals surface area (Å²) in [7, 11) is 1.57. The molecule has 1 aromatic carbocycles. The van der Waals surface area contributed by atoms with Crippen molar-refractivity contribution in [1.29, 1.82) is 0 Å². The number of carboxylic acid groups (broad SMARTS) is 1. The molecule has 0 radical (unpaired) electrons. The van der Waals surface area contributed by atoms with Crippen LogP contribution in [0.15, 0.2) is 12.1 Å². The smallest absolute Gasteiger partial charge is 0.407 e. The summed E-state index contributed by atoms with van der Waals surface area (Å²) >= 11 is 0. The highest BCUT2D eigenvalue weighted by atomic mass is 16.5. The predicted molar refractivity (Wildman–Crippen MR) is 118 cm³/mol. The molecule has 2 N–H and O–H groups in total. The van der Waals surface area contributed by atoms with Gasteiger partial charge < -0.3 is 29.7 Å². The number of hydrogen-bond donors (Lipinski definition) is 2. The molecule has 1 aromatic heterocycles. The first-order valence-electron chi connectivity index (χ1n) is 10.5. The fraction of sp³-hybridized carbons (Fsp3) is 0.500. The Balaban J connectivity index is 1.73. The molecule has 2 aromatic rings. The average Bonchev–Trinajstić information content (AvgIpc) is 3.32. The Labute approximate surface area is 181 Å². The molecule has 2 fully saturated rings. The van der Waals surface area contributed by atoms with E-state index in [1.165, 1.54) is 4.90 Å². The first-order valence-corrected chi connectivity index (χ1v) is 10.5. The van der Waals surface area contributed by atoms with E-state index >= 15 is 0 Å². The Hall–Kier alpha value is -3.41. The second kappa shape index (κ2) is 9.16. The number of anilines is 2. The number of methoxy groups -OCH3 is 1. The molecule has 9 heteroatoms. The van der Waals surface area contributed by atoms with Crippen molar-refractivity contribution < 1.29 is 19.4 Å². The molecule has 164 valence electrons. The molecule has 2 aliphatic heterocycles. The first-order chi connectivity index (χ1) is 15.1. The summed E-state index contributed by atoms with van der Waals surface area (Å²) in [6, 6.07) is 3.63. The molecule has 31 heavy (non-hydrogen) atoms. The minimum Gasteiger partial charge on any atom is -0.493 e. The molecule has 0 bridgehead atoms. The van der Waals surface area contributed by atoms with E-state index in [9.17, 15) is 9.90 Å². The van der Waals surface area contributed by atoms with Crippen LogP contribution in [0.2, 0.25) is 0 Å². The van der Waals surface area contributed by atoms with Crippen LogP contribution in [0.25, 0.3) is 10.9 Å². The van der Waals surface area contributed by atoms with Crippen LogP contribution in [0.5, 0.6) is 11.5 Å². The van der Waals surface area contributed by atoms with Gasteiger partial charge in [0.1, 0.15) is 12.4 Å². The van der Waals surface area contributed by atoms with Gasteiger partial charge in [-0.15, -0.1) is 6.42 Å². The third kappa shape index (κ3) is 4.53. The zero-order valence-corrected chi connectivity index (χ0v) is 17.6. The van der Waals surface area contributed by atoms with Crippen molar-refractivity contribution in [2.24, 2.45) is 0 Å². The number of fused-ring (bicyclic) bond motifs is 1. The highest BCUT2D eigenvalue weighted by molar-refractivity contribution is 5.93. The Morgan fingerprint density at radius 1 is 1.26 bits per heavy atom. The lowest BCUT2D eigenvalue weighted by Gasteiger charge is -2.32. The highest BCUT2D eigenvalue weighted by Crippen LogP contribution is 2.36. The van der Waals surface area contributed by atoms with Gasteiger partial charge in [-0.05, 0) is 31.7 Å². The van der Waals surface area contributed by atoms with Crippen LogP contribution in [-0.2, 0) is 0 Å². The van der Waals surface area contributed by atoms with E-state index in [0.29, 0.717) is 36.4 Å². The number of nitrogens with one attached hydrogen (secondary N) is 1. The summed E-state index contributed by atoms with van der Waals surface area (Å²) in [6.07, 6.45) is 8.35. The Morgan fingerprint density at radius 2 is 2.06 bits per heavy atom. The van der Waals surface area contributed by atoms with Crippen LogP contribution in [-0.4, -0.2) is 72.0 Å². The van der Waals surface area contributed by atoms with Crippen molar-refractivity contribution in [1.82, 2.24) is 14.9 Å². The molecule has 9 nitrogen and oxygen atoms in total. The van der Waals surface area contributed by atoms with Crippen LogP contribution in [0.3, 0.4) is 0 Å². The maximum absolute atomic E-state index is 11.4. The van der Waals surface area contributed by atoms with Gasteiger partial charge in [-0.3, -0.25) is 0 Å². The summed E-state index contributed by atoms with van der Waals surface area (Å²) in [5.41, 5.74) is 0.720. The van der Waals surface area contributed by atoms with Crippen LogP contribution >= 0.6 is 0 Å². The van der Waals surface area contributed by atoms with Crippen LogP contribution in [0, 0.1) is 12.3 Å². The van der Waals surface area contributed by atoms with E-state index in [2.05, 4.69) is 16.1 Å². The molecule has 0 spiro atoms. The lowest BCUT2D eigenvalue weighted by atomic mass is 10.1. The Morgan fingerprint density at radius 3 is 2.77 bits per heavy atom. The maximum atomic E-state index is 11.4. The van der Waals surface area contributed by atoms with Gasteiger partial charge in [0.15, 0.2) is 11.5 Å². The van der Waals surface area contributed by atoms with Crippen molar-refractivity contribution in [3.05, 3.63) is 12.1 Å². The van der Waals surface area contributed by atoms with Crippen molar-refractivity contribution in [3.63, 3.8) is 0 Å². The molecule has 2 aliphatic rings. The number of terminal acetylenes is 1. The van der Waals surface area contributed by atoms with E-state index in [0.717, 1.165) is 49.7 Å². The topological polar surface area (TPSA) is 100 Å². The monoisotopic (exact) mass is 425 g/mol. The predicted octanol–water partition coefficient (Wildman–Crippen LogP) is 2.80. The summed E-state index contributed by atoms with van der Waals surface area (Å²) in [5, 5.41) is 13.6. The zero-order chi connectivity index (χ0) is 21.8. The third-order valence-electron chi connectivity index (χ3n) is 5.70. The minimum atomic E-state index is -0.895. The zero-order valence-electron chi connectivity index (χ0n) is 17.6. The first kappa shape index (κ1) is 20.8. The highest BCUT2D eigenvalue weighted by Gasteiger charge is 2.25. The standard InChI is InChI=1S/C22H27N5O4/c1-3-11-31-19-13-17-16(12-18(19)30-2)20(25-21(24-17)26-8-4-5-9-26)23-15-7-6-10-27(14-15)22(28)29/h1,12-13,15H,4-11,14H2,2H3,(H,28,29)(H,23,24,25)/t15-/m1/s1. The van der Waals surface area contributed by atoms with Gasteiger partial charge in [-0.25, -0.2) is 9.78 Å². The third-order valence-corrected chi connectivity index (χ3v) is 5.70. The number of ether oxygens (including phenoxy) is 2. The van der Waals surface area contributed by atoms with Gasteiger partial charge in [0.25, 0.3) is 0 Å². The van der Waals surface area contributed by atoms with Gasteiger partial charge in [0.05, 0.1) is 12.6 Å². The molecule has 4 rings (SSSR count). The Kier molecular flexibility index (Phi) is 6.16. The fourth-order valence-corrected chi connectivity index (χ4v) is 4.15. The Bertz CT molecular complexity index is 1000. The van der Waals surface area contributed by atoms with Crippen molar-refractivity contribution in [3.8, 4) is 23.8 Å². The number of piperidine rings is 1. The van der Waals surface area contributed by atoms with Crippen molar-refractivity contribution in [2.75, 3.05) is 50.1 Å². The average molecular weight is 425 g/mol. The number of hydrogen-bond acceptors (Lipinski definition) is 7. The molecule has 0 aliphatic carbocycles. The summed E-state index contributed by atoms with van der Waals surface area (Å²) in [5.74, 6) is 4.87. The second-order valence-corrected chi connectivity index (χ2v) is 7.79. The van der Waals surface area contributed by atoms with Gasteiger partial charge in [0, 0.05) is 43.7 Å². The number of nitrogens with zero attached hydrogens (tertiary/aromatic N) is 4. The van der Waals surface area contributed by atoms with Gasteiger partial charge in [-0.2, -0.15) is 4.98 Å². The number of rotatable bonds is 6. The second-order valence-electron chi connectivity index (χ2n) is 7.79. The van der Waals surface area contributed by atoms with E-state index in [1.54, 1.807) is 7.11 Å². The molecule has 1 atom stereocenters. The van der Waals surface area contributed by atoms with Crippen LogP contribution < -0.4 is 19.7 Å². The van der Waals surface area contributed by atoms with Crippen molar-refractivity contribution >= 4 is 28.8 Å². The molecule has 0 saturated carbocycles. The maximum Gasteiger partial charge on any atom is 0.407 e. The summed E-state index contributed by atoms with van der Waals surface area (Å²) in [6.45, 7) is 2.93. The van der Waals surface area contributed by atoms with Gasteiger partial charge in [-0.1, -0.05) is 5.92 Å². The van der Waals surface area contributed by atoms with E-state index in [-0.39, 0.29) is 12.6 Å². The van der Waals surface area contributed by atoms with Gasteiger partial charge in [0.2, 0.25) is 5.95 Å². The normalized spacial score (nSPS) is 18.6. The van der Waals surface area contributed by atoms with Crippen LogP contribution in [0.1, 0.15) is 25.7 Å². The van der Waals surface area contributed by atoms with Crippen molar-refractivity contribution in [2.45, 2.75) is 31.7 Å². The number of amides is 1. The largest absolute Gasteiger partial charge is 0.493 e. The van der Waals surface area contributed by atoms with E-state index in [1.807, 2.05) is 12.1 Å².